The highest BCUT2D eigenvalue weighted by Crippen LogP contribution is 2.24. The van der Waals surface area contributed by atoms with Gasteiger partial charge in [-0.2, -0.15) is 0 Å². The number of benzene rings is 2. The summed E-state index contributed by atoms with van der Waals surface area (Å²) in [6.45, 7) is 4.95. The van der Waals surface area contributed by atoms with E-state index in [1.807, 2.05) is 6.07 Å². The molecule has 9 heteroatoms. The summed E-state index contributed by atoms with van der Waals surface area (Å²) in [4.78, 5) is 38.8. The maximum atomic E-state index is 14.3. The molecule has 1 heterocycles. The van der Waals surface area contributed by atoms with E-state index in [1.54, 1.807) is 45.0 Å². The van der Waals surface area contributed by atoms with Crippen molar-refractivity contribution in [1.82, 2.24) is 0 Å². The van der Waals surface area contributed by atoms with Crippen LogP contribution in [0.5, 0.6) is 0 Å². The first-order valence-electron chi connectivity index (χ1n) is 10.4. The van der Waals surface area contributed by atoms with E-state index in [0.29, 0.717) is 0 Å². The van der Waals surface area contributed by atoms with E-state index in [1.165, 1.54) is 17.0 Å². The molecule has 3 rings (SSSR count). The van der Waals surface area contributed by atoms with E-state index < -0.39 is 41.5 Å². The van der Waals surface area contributed by atoms with Gasteiger partial charge in [-0.1, -0.05) is 30.3 Å². The Morgan fingerprint density at radius 1 is 1.21 bits per heavy atom. The minimum atomic E-state index is -1.84. The van der Waals surface area contributed by atoms with Crippen molar-refractivity contribution >= 4 is 23.5 Å². The van der Waals surface area contributed by atoms with Crippen molar-refractivity contribution in [3.63, 3.8) is 0 Å². The summed E-state index contributed by atoms with van der Waals surface area (Å²) in [6, 6.07) is 12.5. The average molecular weight is 459 g/mol. The fourth-order valence-corrected chi connectivity index (χ4v) is 3.21. The number of amides is 1. The molecule has 1 N–H and O–H groups in total. The van der Waals surface area contributed by atoms with Gasteiger partial charge in [0.25, 0.3) is 5.91 Å². The van der Waals surface area contributed by atoms with Gasteiger partial charge in [0.05, 0.1) is 12.2 Å². The van der Waals surface area contributed by atoms with Gasteiger partial charge in [-0.3, -0.25) is 4.79 Å². The van der Waals surface area contributed by atoms with Crippen molar-refractivity contribution in [1.29, 1.82) is 0 Å². The van der Waals surface area contributed by atoms with Crippen molar-refractivity contribution in [3.05, 3.63) is 65.5 Å². The van der Waals surface area contributed by atoms with Crippen LogP contribution in [0.2, 0.25) is 0 Å². The Morgan fingerprint density at radius 2 is 1.91 bits per heavy atom. The number of ether oxygens (including phenoxy) is 3. The predicted molar refractivity (Wildman–Crippen MR) is 116 cm³/mol. The molecule has 0 radical (unpaired) electrons. The number of hydrogen-bond donors (Lipinski definition) is 1. The number of rotatable bonds is 6. The number of carbonyl (C=O) groups is 3. The number of aliphatic hydroxyl groups is 1. The molecule has 2 atom stereocenters. The lowest BCUT2D eigenvalue weighted by atomic mass is 10.1. The molecule has 2 aromatic carbocycles. The van der Waals surface area contributed by atoms with Crippen LogP contribution in [-0.2, 0) is 30.4 Å². The second kappa shape index (κ2) is 10.1. The molecule has 0 saturated carbocycles. The zero-order chi connectivity index (χ0) is 24.2. The monoisotopic (exact) mass is 459 g/mol. The minimum Gasteiger partial charge on any atom is -0.458 e. The predicted octanol–water partition coefficient (Wildman–Crippen LogP) is 2.62. The standard InChI is InChI=1S/C24H26FNO7/c1-24(2,3)33-23(30)19(27)20-21(28)26(11-12-31-20)16-9-10-18(25)17(13-16)22(29)32-14-15-7-5-4-6-8-15/h4-10,13,19-20,27H,11-12,14H2,1-3H3/t19-,20-/m1/s1. The number of carbonyl (C=O) groups excluding carboxylic acids is 3. The summed E-state index contributed by atoms with van der Waals surface area (Å²) in [6.07, 6.45) is -3.33. The van der Waals surface area contributed by atoms with Crippen LogP contribution in [0.15, 0.2) is 48.5 Å². The van der Waals surface area contributed by atoms with Gasteiger partial charge in [-0.15, -0.1) is 0 Å². The lowest BCUT2D eigenvalue weighted by molar-refractivity contribution is -0.177. The summed E-state index contributed by atoms with van der Waals surface area (Å²) in [5.41, 5.74) is -0.254. The van der Waals surface area contributed by atoms with Crippen molar-refractivity contribution < 1.29 is 38.1 Å². The number of nitrogens with zero attached hydrogens (tertiary/aromatic N) is 1. The van der Waals surface area contributed by atoms with Crippen LogP contribution in [-0.4, -0.2) is 53.9 Å². The number of hydrogen-bond acceptors (Lipinski definition) is 7. The number of aliphatic hydroxyl groups excluding tert-OH is 1. The molecule has 0 unspecified atom stereocenters. The highest BCUT2D eigenvalue weighted by molar-refractivity contribution is 6.01. The number of anilines is 1. The molecule has 33 heavy (non-hydrogen) atoms. The van der Waals surface area contributed by atoms with Crippen LogP contribution in [0.3, 0.4) is 0 Å². The Kier molecular flexibility index (Phi) is 7.45. The molecular weight excluding hydrogens is 433 g/mol. The molecule has 1 saturated heterocycles. The highest BCUT2D eigenvalue weighted by Gasteiger charge is 2.41. The Morgan fingerprint density at radius 3 is 2.58 bits per heavy atom. The number of halogens is 1. The summed E-state index contributed by atoms with van der Waals surface area (Å²) < 4.78 is 30.0. The number of morpholine rings is 1. The van der Waals surface area contributed by atoms with Crippen LogP contribution in [0.25, 0.3) is 0 Å². The second-order valence-electron chi connectivity index (χ2n) is 8.49. The Balaban J connectivity index is 1.75. The Hall–Kier alpha value is -3.30. The van der Waals surface area contributed by atoms with E-state index >= 15 is 0 Å². The van der Waals surface area contributed by atoms with E-state index in [-0.39, 0.29) is 31.0 Å². The van der Waals surface area contributed by atoms with Crippen LogP contribution in [0, 0.1) is 5.82 Å². The van der Waals surface area contributed by atoms with Crippen molar-refractivity contribution in [2.75, 3.05) is 18.1 Å². The summed E-state index contributed by atoms with van der Waals surface area (Å²) >= 11 is 0. The minimum absolute atomic E-state index is 0.0153. The first-order valence-corrected chi connectivity index (χ1v) is 10.4. The third-order valence-corrected chi connectivity index (χ3v) is 4.75. The van der Waals surface area contributed by atoms with Gasteiger partial charge in [-0.05, 0) is 44.5 Å². The second-order valence-corrected chi connectivity index (χ2v) is 8.49. The van der Waals surface area contributed by atoms with Crippen LogP contribution in [0.1, 0.15) is 36.7 Å². The van der Waals surface area contributed by atoms with Crippen molar-refractivity contribution in [3.8, 4) is 0 Å². The van der Waals surface area contributed by atoms with E-state index in [9.17, 15) is 23.9 Å². The molecule has 1 fully saturated rings. The fourth-order valence-electron chi connectivity index (χ4n) is 3.21. The molecule has 0 aromatic heterocycles. The molecular formula is C24H26FNO7. The molecule has 0 spiro atoms. The normalized spacial score (nSPS) is 17.4. The summed E-state index contributed by atoms with van der Waals surface area (Å²) in [7, 11) is 0. The largest absolute Gasteiger partial charge is 0.458 e. The third-order valence-electron chi connectivity index (χ3n) is 4.75. The quantitative estimate of drug-likeness (QED) is 0.663. The molecule has 2 aromatic rings. The molecule has 0 bridgehead atoms. The number of esters is 2. The van der Waals surface area contributed by atoms with Crippen LogP contribution < -0.4 is 4.90 Å². The smallest absolute Gasteiger partial charge is 0.341 e. The first kappa shape index (κ1) is 24.3. The zero-order valence-corrected chi connectivity index (χ0v) is 18.6. The molecule has 8 nitrogen and oxygen atoms in total. The topological polar surface area (TPSA) is 102 Å². The maximum Gasteiger partial charge on any atom is 0.341 e. The van der Waals surface area contributed by atoms with E-state index in [2.05, 4.69) is 0 Å². The maximum absolute atomic E-state index is 14.3. The fraction of sp³-hybridized carbons (Fsp3) is 0.375. The zero-order valence-electron chi connectivity index (χ0n) is 18.6. The van der Waals surface area contributed by atoms with Gasteiger partial charge in [-0.25, -0.2) is 14.0 Å². The summed E-state index contributed by atoms with van der Waals surface area (Å²) in [5.74, 6) is -3.39. The van der Waals surface area contributed by atoms with E-state index in [4.69, 9.17) is 14.2 Å². The van der Waals surface area contributed by atoms with Gasteiger partial charge in [0, 0.05) is 12.2 Å². The Bertz CT molecular complexity index is 1020. The van der Waals surface area contributed by atoms with Gasteiger partial charge in [0.1, 0.15) is 18.0 Å². The highest BCUT2D eigenvalue weighted by atomic mass is 19.1. The molecule has 1 aliphatic heterocycles. The lowest BCUT2D eigenvalue weighted by Gasteiger charge is -2.34. The Labute approximate surface area is 190 Å². The van der Waals surface area contributed by atoms with Gasteiger partial charge in [0.2, 0.25) is 0 Å². The lowest BCUT2D eigenvalue weighted by Crippen LogP contribution is -2.55. The van der Waals surface area contributed by atoms with Gasteiger partial charge < -0.3 is 24.2 Å². The molecule has 1 amide bonds. The van der Waals surface area contributed by atoms with Crippen LogP contribution in [0.4, 0.5) is 10.1 Å². The summed E-state index contributed by atoms with van der Waals surface area (Å²) in [5, 5.41) is 10.3. The van der Waals surface area contributed by atoms with Crippen molar-refractivity contribution in [2.24, 2.45) is 0 Å². The van der Waals surface area contributed by atoms with Gasteiger partial charge in [0.15, 0.2) is 12.2 Å². The third kappa shape index (κ3) is 6.15. The molecule has 0 aliphatic carbocycles. The van der Waals surface area contributed by atoms with E-state index in [0.717, 1.165) is 11.6 Å². The molecule has 1 aliphatic rings. The van der Waals surface area contributed by atoms with Gasteiger partial charge >= 0.3 is 11.9 Å². The van der Waals surface area contributed by atoms with Crippen LogP contribution >= 0.6 is 0 Å². The first-order chi connectivity index (χ1) is 15.6. The SMILES string of the molecule is CC(C)(C)OC(=O)[C@H](O)[C@H]1OCCN(c2ccc(F)c(C(=O)OCc3ccccc3)c2)C1=O. The van der Waals surface area contributed by atoms with Crippen molar-refractivity contribution in [2.45, 2.75) is 45.2 Å². The average Bonchev–Trinajstić information content (AvgIpc) is 2.77. The molecule has 176 valence electrons.